The van der Waals surface area contributed by atoms with Crippen molar-refractivity contribution in [3.8, 4) is 0 Å². The minimum atomic E-state index is -0.516. The summed E-state index contributed by atoms with van der Waals surface area (Å²) in [6, 6.07) is -0.516. The predicted molar refractivity (Wildman–Crippen MR) is 59.9 cm³/mol. The number of nitrogens with two attached hydrogens (primary N) is 1. The highest BCUT2D eigenvalue weighted by atomic mass is 16.2. The number of amides is 2. The molecule has 1 aromatic heterocycles. The molecule has 1 saturated heterocycles. The van der Waals surface area contributed by atoms with E-state index in [9.17, 15) is 9.59 Å². The molecule has 1 aliphatic rings. The van der Waals surface area contributed by atoms with Crippen LogP contribution >= 0.6 is 0 Å². The van der Waals surface area contributed by atoms with Gasteiger partial charge in [-0.05, 0) is 19.3 Å². The molecule has 17 heavy (non-hydrogen) atoms. The van der Waals surface area contributed by atoms with Gasteiger partial charge in [0, 0.05) is 18.9 Å². The van der Waals surface area contributed by atoms with Crippen molar-refractivity contribution in [2.75, 3.05) is 6.54 Å². The van der Waals surface area contributed by atoms with E-state index < -0.39 is 11.9 Å². The fraction of sp³-hybridized carbons (Fsp3) is 0.455. The summed E-state index contributed by atoms with van der Waals surface area (Å²) >= 11 is 0. The van der Waals surface area contributed by atoms with Crippen molar-refractivity contribution in [1.82, 2.24) is 14.9 Å². The minimum Gasteiger partial charge on any atom is -0.368 e. The third kappa shape index (κ3) is 2.41. The number of piperidine rings is 1. The normalized spacial score (nSPS) is 20.0. The molecule has 1 atom stereocenters. The van der Waals surface area contributed by atoms with E-state index in [1.165, 1.54) is 23.5 Å². The summed E-state index contributed by atoms with van der Waals surface area (Å²) in [7, 11) is 0. The van der Waals surface area contributed by atoms with Gasteiger partial charge in [0.2, 0.25) is 5.91 Å². The minimum absolute atomic E-state index is 0.251. The van der Waals surface area contributed by atoms with Gasteiger partial charge in [0.15, 0.2) is 0 Å². The number of hydrogen-bond donors (Lipinski definition) is 1. The van der Waals surface area contributed by atoms with E-state index in [4.69, 9.17) is 5.73 Å². The van der Waals surface area contributed by atoms with Crippen LogP contribution in [0.1, 0.15) is 29.8 Å². The fourth-order valence-electron chi connectivity index (χ4n) is 2.03. The molecule has 0 saturated carbocycles. The van der Waals surface area contributed by atoms with Crippen LogP contribution in [0.3, 0.4) is 0 Å². The topological polar surface area (TPSA) is 89.2 Å². The monoisotopic (exact) mass is 234 g/mol. The molecule has 0 aromatic carbocycles. The summed E-state index contributed by atoms with van der Waals surface area (Å²) < 4.78 is 0. The highest BCUT2D eigenvalue weighted by molar-refractivity contribution is 5.95. The molecule has 2 amide bonds. The van der Waals surface area contributed by atoms with Gasteiger partial charge in [0.25, 0.3) is 5.91 Å². The number of rotatable bonds is 2. The average molecular weight is 234 g/mol. The molecule has 6 heteroatoms. The summed E-state index contributed by atoms with van der Waals surface area (Å²) in [4.78, 5) is 32.7. The molecule has 0 aliphatic carbocycles. The molecule has 2 heterocycles. The van der Waals surface area contributed by atoms with Gasteiger partial charge in [-0.2, -0.15) is 0 Å². The second-order valence-corrected chi connectivity index (χ2v) is 4.00. The standard InChI is InChI=1S/C11H14N4O2/c12-10(16)9-3-1-2-6-15(9)11(17)8-7-13-4-5-14-8/h4-5,7,9H,1-3,6H2,(H2,12,16). The van der Waals surface area contributed by atoms with Gasteiger partial charge in [0.05, 0.1) is 6.20 Å². The summed E-state index contributed by atoms with van der Waals surface area (Å²) in [5.41, 5.74) is 5.56. The Kier molecular flexibility index (Phi) is 3.32. The largest absolute Gasteiger partial charge is 0.368 e. The summed E-state index contributed by atoms with van der Waals surface area (Å²) in [6.45, 7) is 0.545. The Balaban J connectivity index is 2.20. The van der Waals surface area contributed by atoms with Crippen LogP contribution in [0.15, 0.2) is 18.6 Å². The van der Waals surface area contributed by atoms with Crippen molar-refractivity contribution in [3.05, 3.63) is 24.3 Å². The van der Waals surface area contributed by atoms with Gasteiger partial charge in [0.1, 0.15) is 11.7 Å². The molecule has 90 valence electrons. The van der Waals surface area contributed by atoms with Crippen LogP contribution in [0.5, 0.6) is 0 Å². The molecular formula is C11H14N4O2. The van der Waals surface area contributed by atoms with Gasteiger partial charge in [-0.1, -0.05) is 0 Å². The smallest absolute Gasteiger partial charge is 0.274 e. The Morgan fingerprint density at radius 3 is 2.82 bits per heavy atom. The molecule has 1 unspecified atom stereocenters. The van der Waals surface area contributed by atoms with E-state index in [2.05, 4.69) is 9.97 Å². The van der Waals surface area contributed by atoms with E-state index in [1.54, 1.807) is 0 Å². The van der Waals surface area contributed by atoms with Gasteiger partial charge in [-0.3, -0.25) is 14.6 Å². The first-order valence-electron chi connectivity index (χ1n) is 5.56. The maximum absolute atomic E-state index is 12.1. The van der Waals surface area contributed by atoms with E-state index >= 15 is 0 Å². The molecule has 1 aromatic rings. The third-order valence-electron chi connectivity index (χ3n) is 2.87. The van der Waals surface area contributed by atoms with Crippen molar-refractivity contribution < 1.29 is 9.59 Å². The molecule has 1 fully saturated rings. The quantitative estimate of drug-likeness (QED) is 0.777. The van der Waals surface area contributed by atoms with Crippen molar-refractivity contribution in [3.63, 3.8) is 0 Å². The van der Waals surface area contributed by atoms with Crippen LogP contribution in [0.4, 0.5) is 0 Å². The maximum atomic E-state index is 12.1. The van der Waals surface area contributed by atoms with Crippen LogP contribution in [0.25, 0.3) is 0 Å². The zero-order valence-corrected chi connectivity index (χ0v) is 9.37. The van der Waals surface area contributed by atoms with Gasteiger partial charge >= 0.3 is 0 Å². The Morgan fingerprint density at radius 1 is 1.35 bits per heavy atom. The number of primary amides is 1. The predicted octanol–water partition coefficient (Wildman–Crippen LogP) is -0.0434. The lowest BCUT2D eigenvalue weighted by Crippen LogP contribution is -2.50. The second kappa shape index (κ2) is 4.90. The Labute approximate surface area is 98.8 Å². The van der Waals surface area contributed by atoms with Gasteiger partial charge in [-0.25, -0.2) is 4.98 Å². The zero-order valence-electron chi connectivity index (χ0n) is 9.37. The summed E-state index contributed by atoms with van der Waals surface area (Å²) in [6.07, 6.45) is 6.78. The molecule has 6 nitrogen and oxygen atoms in total. The Morgan fingerprint density at radius 2 is 2.18 bits per heavy atom. The lowest BCUT2D eigenvalue weighted by Gasteiger charge is -2.33. The lowest BCUT2D eigenvalue weighted by molar-refractivity contribution is -0.123. The number of likely N-dealkylation sites (tertiary alicyclic amines) is 1. The second-order valence-electron chi connectivity index (χ2n) is 4.00. The van der Waals surface area contributed by atoms with Crippen LogP contribution in [-0.4, -0.2) is 39.3 Å². The SMILES string of the molecule is NC(=O)C1CCCCN1C(=O)c1cnccn1. The van der Waals surface area contributed by atoms with Crippen molar-refractivity contribution in [2.45, 2.75) is 25.3 Å². The third-order valence-corrected chi connectivity index (χ3v) is 2.87. The van der Waals surface area contributed by atoms with Crippen molar-refractivity contribution in [1.29, 1.82) is 0 Å². The first-order valence-corrected chi connectivity index (χ1v) is 5.56. The fourth-order valence-corrected chi connectivity index (χ4v) is 2.03. The van der Waals surface area contributed by atoms with Crippen molar-refractivity contribution in [2.24, 2.45) is 5.73 Å². The zero-order chi connectivity index (χ0) is 12.3. The summed E-state index contributed by atoms with van der Waals surface area (Å²) in [5, 5.41) is 0. The average Bonchev–Trinajstić information content (AvgIpc) is 2.39. The molecular weight excluding hydrogens is 220 g/mol. The Bertz CT molecular complexity index is 421. The Hall–Kier alpha value is -1.98. The van der Waals surface area contributed by atoms with Crippen LogP contribution in [-0.2, 0) is 4.79 Å². The lowest BCUT2D eigenvalue weighted by atomic mass is 10.0. The number of carbonyl (C=O) groups excluding carboxylic acids is 2. The van der Waals surface area contributed by atoms with Crippen LogP contribution in [0, 0.1) is 0 Å². The molecule has 0 bridgehead atoms. The van der Waals surface area contributed by atoms with E-state index in [1.807, 2.05) is 0 Å². The number of carbonyl (C=O) groups is 2. The highest BCUT2D eigenvalue weighted by Gasteiger charge is 2.31. The number of aromatic nitrogens is 2. The van der Waals surface area contributed by atoms with Crippen molar-refractivity contribution >= 4 is 11.8 Å². The first-order chi connectivity index (χ1) is 8.20. The maximum Gasteiger partial charge on any atom is 0.274 e. The first kappa shape index (κ1) is 11.5. The number of nitrogens with zero attached hydrogens (tertiary/aromatic N) is 3. The van der Waals surface area contributed by atoms with E-state index in [-0.39, 0.29) is 11.6 Å². The van der Waals surface area contributed by atoms with E-state index in [0.29, 0.717) is 13.0 Å². The molecule has 1 aliphatic heterocycles. The molecule has 2 rings (SSSR count). The molecule has 2 N–H and O–H groups in total. The van der Waals surface area contributed by atoms with Gasteiger partial charge in [-0.15, -0.1) is 0 Å². The summed E-state index contributed by atoms with van der Waals surface area (Å²) in [5.74, 6) is -0.733. The van der Waals surface area contributed by atoms with Crippen LogP contribution < -0.4 is 5.73 Å². The van der Waals surface area contributed by atoms with Gasteiger partial charge < -0.3 is 10.6 Å². The van der Waals surface area contributed by atoms with Crippen LogP contribution in [0.2, 0.25) is 0 Å². The molecule has 0 radical (unpaired) electrons. The van der Waals surface area contributed by atoms with E-state index in [0.717, 1.165) is 12.8 Å². The highest BCUT2D eigenvalue weighted by Crippen LogP contribution is 2.18. The number of hydrogen-bond acceptors (Lipinski definition) is 4. The molecule has 0 spiro atoms.